The van der Waals surface area contributed by atoms with Crippen molar-refractivity contribution in [1.82, 2.24) is 14.7 Å². The number of fused-ring (bicyclic) bond motifs is 1. The summed E-state index contributed by atoms with van der Waals surface area (Å²) in [4.78, 5) is 7.06. The molecule has 0 aliphatic heterocycles. The van der Waals surface area contributed by atoms with E-state index in [2.05, 4.69) is 14.7 Å². The van der Waals surface area contributed by atoms with Crippen LogP contribution in [-0.4, -0.2) is 36.1 Å². The van der Waals surface area contributed by atoms with Crippen molar-refractivity contribution < 1.29 is 13.5 Å². The second-order valence-electron chi connectivity index (χ2n) is 4.30. The van der Waals surface area contributed by atoms with Crippen LogP contribution in [0.5, 0.6) is 0 Å². The Morgan fingerprint density at radius 1 is 1.53 bits per heavy atom. The summed E-state index contributed by atoms with van der Waals surface area (Å²) in [6.45, 7) is 2.06. The van der Waals surface area contributed by atoms with E-state index in [1.165, 1.54) is 6.20 Å². The molecule has 0 aromatic carbocycles. The fourth-order valence-corrected chi connectivity index (χ4v) is 3.01. The number of aromatic nitrogens is 2. The van der Waals surface area contributed by atoms with E-state index in [0.717, 1.165) is 0 Å². The minimum absolute atomic E-state index is 0.182. The first-order chi connectivity index (χ1) is 9.04. The number of hydrogen-bond donors (Lipinski definition) is 3. The predicted molar refractivity (Wildman–Crippen MR) is 72.2 cm³/mol. The summed E-state index contributed by atoms with van der Waals surface area (Å²) in [5.74, 6) is 0. The molecule has 0 aliphatic rings. The van der Waals surface area contributed by atoms with Gasteiger partial charge in [0.15, 0.2) is 0 Å². The largest absolute Gasteiger partial charge is 0.393 e. The van der Waals surface area contributed by atoms with Crippen LogP contribution in [0.1, 0.15) is 19.8 Å². The Labute approximate surface area is 111 Å². The summed E-state index contributed by atoms with van der Waals surface area (Å²) in [6.07, 6.45) is 3.55. The summed E-state index contributed by atoms with van der Waals surface area (Å²) in [5.41, 5.74) is 0.538. The van der Waals surface area contributed by atoms with Gasteiger partial charge in [0.25, 0.3) is 0 Å². The molecule has 2 heterocycles. The maximum atomic E-state index is 12.1. The second-order valence-corrected chi connectivity index (χ2v) is 6.04. The highest BCUT2D eigenvalue weighted by molar-refractivity contribution is 7.89. The maximum absolute atomic E-state index is 12.1. The molecule has 3 N–H and O–H groups in total. The number of aliphatic hydroxyl groups is 1. The number of pyridine rings is 1. The zero-order valence-corrected chi connectivity index (χ0v) is 11.4. The fraction of sp³-hybridized carbons (Fsp3) is 0.417. The Balaban J connectivity index is 2.16. The average molecular weight is 283 g/mol. The smallest absolute Gasteiger partial charge is 0.242 e. The Morgan fingerprint density at radius 3 is 3.05 bits per heavy atom. The van der Waals surface area contributed by atoms with Gasteiger partial charge in [0.1, 0.15) is 10.5 Å². The standard InChI is InChI=1S/C12H17N3O3S/c1-2-9(16)5-7-15-19(17,18)11-8-14-12-10(11)4-3-6-13-12/h3-4,6,8-9,15-16H,2,5,7H2,1H3,(H,13,14). The lowest BCUT2D eigenvalue weighted by molar-refractivity contribution is 0.162. The van der Waals surface area contributed by atoms with Crippen molar-refractivity contribution in [3.05, 3.63) is 24.5 Å². The highest BCUT2D eigenvalue weighted by Gasteiger charge is 2.18. The van der Waals surface area contributed by atoms with E-state index in [4.69, 9.17) is 0 Å². The lowest BCUT2D eigenvalue weighted by atomic mass is 10.2. The summed E-state index contributed by atoms with van der Waals surface area (Å²) >= 11 is 0. The van der Waals surface area contributed by atoms with Gasteiger partial charge in [0.2, 0.25) is 10.0 Å². The number of sulfonamides is 1. The fourth-order valence-electron chi connectivity index (χ4n) is 1.79. The van der Waals surface area contributed by atoms with E-state index in [1.807, 2.05) is 6.92 Å². The second kappa shape index (κ2) is 5.68. The van der Waals surface area contributed by atoms with Gasteiger partial charge in [0.05, 0.1) is 6.10 Å². The van der Waals surface area contributed by atoms with E-state index in [-0.39, 0.29) is 11.4 Å². The predicted octanol–water partition coefficient (Wildman–Crippen LogP) is 1.00. The average Bonchev–Trinajstić information content (AvgIpc) is 2.82. The van der Waals surface area contributed by atoms with Crippen molar-refractivity contribution in [3.63, 3.8) is 0 Å². The first-order valence-electron chi connectivity index (χ1n) is 6.14. The van der Waals surface area contributed by atoms with Crippen LogP contribution >= 0.6 is 0 Å². The number of aromatic amines is 1. The molecule has 0 radical (unpaired) electrons. The molecule has 0 saturated carbocycles. The van der Waals surface area contributed by atoms with Crippen LogP contribution in [0.25, 0.3) is 11.0 Å². The van der Waals surface area contributed by atoms with Crippen LogP contribution in [-0.2, 0) is 10.0 Å². The van der Waals surface area contributed by atoms with Gasteiger partial charge in [-0.1, -0.05) is 6.92 Å². The van der Waals surface area contributed by atoms with Crippen molar-refractivity contribution >= 4 is 21.1 Å². The van der Waals surface area contributed by atoms with Crippen LogP contribution in [0.15, 0.2) is 29.4 Å². The van der Waals surface area contributed by atoms with Crippen molar-refractivity contribution in [3.8, 4) is 0 Å². The molecule has 0 saturated heterocycles. The quantitative estimate of drug-likeness (QED) is 0.737. The minimum Gasteiger partial charge on any atom is -0.393 e. The maximum Gasteiger partial charge on any atom is 0.242 e. The van der Waals surface area contributed by atoms with Gasteiger partial charge in [-0.05, 0) is 25.0 Å². The Kier molecular flexibility index (Phi) is 4.18. The normalized spacial score (nSPS) is 13.8. The number of aliphatic hydroxyl groups excluding tert-OH is 1. The van der Waals surface area contributed by atoms with Crippen LogP contribution < -0.4 is 4.72 Å². The summed E-state index contributed by atoms with van der Waals surface area (Å²) in [7, 11) is -3.58. The molecule has 0 amide bonds. The number of H-pyrrole nitrogens is 1. The third-order valence-electron chi connectivity index (χ3n) is 2.94. The van der Waals surface area contributed by atoms with Crippen molar-refractivity contribution in [2.45, 2.75) is 30.8 Å². The molecule has 0 aliphatic carbocycles. The van der Waals surface area contributed by atoms with E-state index < -0.39 is 16.1 Å². The molecule has 19 heavy (non-hydrogen) atoms. The van der Waals surface area contributed by atoms with Crippen molar-refractivity contribution in [1.29, 1.82) is 0 Å². The molecule has 0 bridgehead atoms. The van der Waals surface area contributed by atoms with E-state index >= 15 is 0 Å². The van der Waals surface area contributed by atoms with Crippen LogP contribution in [0.2, 0.25) is 0 Å². The van der Waals surface area contributed by atoms with Crippen LogP contribution in [0.3, 0.4) is 0 Å². The molecule has 2 aromatic rings. The molecule has 7 heteroatoms. The Hall–Kier alpha value is -1.44. The number of rotatable bonds is 6. The van der Waals surface area contributed by atoms with Crippen LogP contribution in [0, 0.1) is 0 Å². The highest BCUT2D eigenvalue weighted by atomic mass is 32.2. The first-order valence-corrected chi connectivity index (χ1v) is 7.62. The summed E-state index contributed by atoms with van der Waals surface area (Å²) < 4.78 is 26.8. The van der Waals surface area contributed by atoms with Crippen molar-refractivity contribution in [2.75, 3.05) is 6.54 Å². The number of nitrogens with one attached hydrogen (secondary N) is 2. The zero-order valence-electron chi connectivity index (χ0n) is 10.6. The van der Waals surface area contributed by atoms with Gasteiger partial charge in [-0.15, -0.1) is 0 Å². The molecule has 0 spiro atoms. The van der Waals surface area contributed by atoms with Gasteiger partial charge in [-0.2, -0.15) is 0 Å². The first kappa shape index (κ1) is 14.0. The monoisotopic (exact) mass is 283 g/mol. The molecule has 1 atom stereocenters. The zero-order chi connectivity index (χ0) is 13.9. The lowest BCUT2D eigenvalue weighted by Gasteiger charge is -2.08. The SMILES string of the molecule is CCC(O)CCNS(=O)(=O)c1c[nH]c2ncccc12. The summed E-state index contributed by atoms with van der Waals surface area (Å²) in [5, 5.41) is 9.97. The molecular formula is C12H17N3O3S. The third-order valence-corrected chi connectivity index (χ3v) is 4.44. The molecular weight excluding hydrogens is 266 g/mol. The summed E-state index contributed by atoms with van der Waals surface area (Å²) in [6, 6.07) is 3.39. The molecule has 2 rings (SSSR count). The number of hydrogen-bond acceptors (Lipinski definition) is 4. The third kappa shape index (κ3) is 3.12. The van der Waals surface area contributed by atoms with E-state index in [0.29, 0.717) is 23.9 Å². The van der Waals surface area contributed by atoms with Gasteiger partial charge in [-0.3, -0.25) is 0 Å². The molecule has 6 nitrogen and oxygen atoms in total. The number of nitrogens with zero attached hydrogens (tertiary/aromatic N) is 1. The molecule has 1 unspecified atom stereocenters. The van der Waals surface area contributed by atoms with E-state index in [1.54, 1.807) is 18.3 Å². The Morgan fingerprint density at radius 2 is 2.32 bits per heavy atom. The lowest BCUT2D eigenvalue weighted by Crippen LogP contribution is -2.27. The Bertz CT molecular complexity index is 651. The molecule has 104 valence electrons. The van der Waals surface area contributed by atoms with Gasteiger partial charge < -0.3 is 10.1 Å². The topological polar surface area (TPSA) is 95.1 Å². The van der Waals surface area contributed by atoms with Crippen molar-refractivity contribution in [2.24, 2.45) is 0 Å². The van der Waals surface area contributed by atoms with Crippen LogP contribution in [0.4, 0.5) is 0 Å². The molecule has 0 fully saturated rings. The highest BCUT2D eigenvalue weighted by Crippen LogP contribution is 2.20. The van der Waals surface area contributed by atoms with E-state index in [9.17, 15) is 13.5 Å². The minimum atomic E-state index is -3.58. The van der Waals surface area contributed by atoms with Gasteiger partial charge in [-0.25, -0.2) is 18.1 Å². The van der Waals surface area contributed by atoms with Gasteiger partial charge >= 0.3 is 0 Å². The molecule has 2 aromatic heterocycles. The van der Waals surface area contributed by atoms with Gasteiger partial charge in [0, 0.05) is 24.3 Å².